The molecule has 0 amide bonds. The van der Waals surface area contributed by atoms with Crippen LogP contribution in [0, 0.1) is 0 Å². The second kappa shape index (κ2) is 9.83. The van der Waals surface area contributed by atoms with Gasteiger partial charge in [-0.05, 0) is 6.07 Å². The van der Waals surface area contributed by atoms with Gasteiger partial charge in [-0.25, -0.2) is 0 Å². The van der Waals surface area contributed by atoms with E-state index in [2.05, 4.69) is 0 Å². The van der Waals surface area contributed by atoms with Crippen LogP contribution in [-0.4, -0.2) is 15.8 Å². The monoisotopic (exact) mass is 274 g/mol. The third-order valence-corrected chi connectivity index (χ3v) is 2.19. The molecule has 0 saturated carbocycles. The van der Waals surface area contributed by atoms with Gasteiger partial charge in [-0.3, -0.25) is 4.79 Å². The van der Waals surface area contributed by atoms with Crippen molar-refractivity contribution in [2.75, 3.05) is 0 Å². The predicted octanol–water partition coefficient (Wildman–Crippen LogP) is 2.76. The standard InChI is InChI=1S/C10H13O5P.C2H6/c1-2-10(11)14-7-8-5-3-4-6-9(8)15-16(12)13;1-2/h3-6,12-13H,2,7H2,1H3;1-2H3. The van der Waals surface area contributed by atoms with Gasteiger partial charge in [0.1, 0.15) is 12.4 Å². The van der Waals surface area contributed by atoms with Crippen molar-refractivity contribution in [3.8, 4) is 5.75 Å². The van der Waals surface area contributed by atoms with E-state index in [0.29, 0.717) is 17.7 Å². The van der Waals surface area contributed by atoms with Crippen LogP contribution in [0.4, 0.5) is 0 Å². The molecule has 0 aromatic heterocycles. The lowest BCUT2D eigenvalue weighted by Crippen LogP contribution is -2.03. The summed E-state index contributed by atoms with van der Waals surface area (Å²) in [6.45, 7) is 5.76. The third-order valence-electron chi connectivity index (χ3n) is 1.83. The fraction of sp³-hybridized carbons (Fsp3) is 0.417. The molecule has 0 unspecified atom stereocenters. The largest absolute Gasteiger partial charge is 0.461 e. The fourth-order valence-corrected chi connectivity index (χ4v) is 1.41. The zero-order valence-corrected chi connectivity index (χ0v) is 11.7. The van der Waals surface area contributed by atoms with E-state index in [4.69, 9.17) is 19.0 Å². The van der Waals surface area contributed by atoms with Gasteiger partial charge in [0.15, 0.2) is 0 Å². The maximum absolute atomic E-state index is 11.0. The maximum atomic E-state index is 11.0. The summed E-state index contributed by atoms with van der Waals surface area (Å²) in [5.74, 6) is -0.00687. The molecule has 18 heavy (non-hydrogen) atoms. The van der Waals surface area contributed by atoms with Gasteiger partial charge in [-0.1, -0.05) is 39.0 Å². The SMILES string of the molecule is CC.CCC(=O)OCc1ccccc1OP(O)O. The van der Waals surface area contributed by atoms with Crippen LogP contribution in [0.1, 0.15) is 32.8 Å². The molecule has 1 aromatic rings. The maximum Gasteiger partial charge on any atom is 0.391 e. The number of benzene rings is 1. The summed E-state index contributed by atoms with van der Waals surface area (Å²) in [5.41, 5.74) is 0.597. The Balaban J connectivity index is 0.00000137. The summed E-state index contributed by atoms with van der Waals surface area (Å²) in [6, 6.07) is 6.71. The summed E-state index contributed by atoms with van der Waals surface area (Å²) in [7, 11) is -2.46. The Morgan fingerprint density at radius 1 is 1.28 bits per heavy atom. The molecule has 0 heterocycles. The molecule has 1 aromatic carbocycles. The lowest BCUT2D eigenvalue weighted by Gasteiger charge is -2.10. The summed E-state index contributed by atoms with van der Waals surface area (Å²) in [5, 5.41) is 0. The average molecular weight is 274 g/mol. The molecule has 102 valence electrons. The molecule has 6 heteroatoms. The van der Waals surface area contributed by atoms with Gasteiger partial charge in [0.05, 0.1) is 0 Å². The molecule has 0 aliphatic heterocycles. The van der Waals surface area contributed by atoms with E-state index in [0.717, 1.165) is 0 Å². The van der Waals surface area contributed by atoms with E-state index >= 15 is 0 Å². The topological polar surface area (TPSA) is 76.0 Å². The minimum Gasteiger partial charge on any atom is -0.461 e. The molecule has 0 aliphatic carbocycles. The highest BCUT2D eigenvalue weighted by Gasteiger charge is 2.09. The Morgan fingerprint density at radius 3 is 2.44 bits per heavy atom. The Kier molecular flexibility index (Phi) is 9.19. The van der Waals surface area contributed by atoms with Gasteiger partial charge < -0.3 is 19.0 Å². The van der Waals surface area contributed by atoms with E-state index < -0.39 is 8.60 Å². The highest BCUT2D eigenvalue weighted by molar-refractivity contribution is 7.39. The van der Waals surface area contributed by atoms with E-state index in [1.807, 2.05) is 13.8 Å². The normalized spacial score (nSPS) is 9.44. The van der Waals surface area contributed by atoms with Gasteiger partial charge in [0.2, 0.25) is 0 Å². The van der Waals surface area contributed by atoms with Gasteiger partial charge in [0, 0.05) is 12.0 Å². The lowest BCUT2D eigenvalue weighted by molar-refractivity contribution is -0.144. The average Bonchev–Trinajstić information content (AvgIpc) is 2.39. The van der Waals surface area contributed by atoms with Crippen LogP contribution >= 0.6 is 8.60 Å². The molecule has 0 fully saturated rings. The first-order valence-electron chi connectivity index (χ1n) is 5.73. The van der Waals surface area contributed by atoms with Crippen LogP contribution in [0.15, 0.2) is 24.3 Å². The van der Waals surface area contributed by atoms with Gasteiger partial charge in [0.25, 0.3) is 0 Å². The van der Waals surface area contributed by atoms with Gasteiger partial charge in [-0.2, -0.15) is 0 Å². The summed E-state index contributed by atoms with van der Waals surface area (Å²) in [4.78, 5) is 28.4. The predicted molar refractivity (Wildman–Crippen MR) is 69.9 cm³/mol. The van der Waals surface area contributed by atoms with Crippen molar-refractivity contribution in [2.45, 2.75) is 33.8 Å². The number of ether oxygens (including phenoxy) is 1. The molecule has 0 saturated heterocycles. The van der Waals surface area contributed by atoms with E-state index in [-0.39, 0.29) is 12.6 Å². The number of para-hydroxylation sites is 1. The summed E-state index contributed by atoms with van der Waals surface area (Å²) >= 11 is 0. The van der Waals surface area contributed by atoms with Crippen LogP contribution in [0.25, 0.3) is 0 Å². The molecule has 5 nitrogen and oxygen atoms in total. The number of carbonyl (C=O) groups excluding carboxylic acids is 1. The molecule has 0 atom stereocenters. The Bertz CT molecular complexity index is 354. The first-order valence-corrected chi connectivity index (χ1v) is 6.89. The molecule has 0 aliphatic rings. The van der Waals surface area contributed by atoms with Crippen LogP contribution in [-0.2, 0) is 16.1 Å². The van der Waals surface area contributed by atoms with Gasteiger partial charge in [-0.15, -0.1) is 0 Å². The number of carbonyl (C=O) groups is 1. The Labute approximate surface area is 108 Å². The van der Waals surface area contributed by atoms with Crippen molar-refractivity contribution in [1.82, 2.24) is 0 Å². The van der Waals surface area contributed by atoms with Crippen molar-refractivity contribution in [2.24, 2.45) is 0 Å². The summed E-state index contributed by atoms with van der Waals surface area (Å²) < 4.78 is 9.72. The minimum absolute atomic E-state index is 0.0615. The number of rotatable bonds is 5. The van der Waals surface area contributed by atoms with Crippen molar-refractivity contribution in [3.63, 3.8) is 0 Å². The summed E-state index contributed by atoms with van der Waals surface area (Å²) in [6.07, 6.45) is 0.301. The first kappa shape index (κ1) is 16.8. The Morgan fingerprint density at radius 2 is 1.89 bits per heavy atom. The molecule has 0 bridgehead atoms. The van der Waals surface area contributed by atoms with Crippen LogP contribution in [0.3, 0.4) is 0 Å². The van der Waals surface area contributed by atoms with E-state index in [1.54, 1.807) is 31.2 Å². The zero-order chi connectivity index (χ0) is 14.0. The second-order valence-electron chi connectivity index (χ2n) is 2.97. The molecule has 1 rings (SSSR count). The van der Waals surface area contributed by atoms with Crippen molar-refractivity contribution in [1.29, 1.82) is 0 Å². The smallest absolute Gasteiger partial charge is 0.391 e. The van der Waals surface area contributed by atoms with Crippen LogP contribution in [0.5, 0.6) is 5.75 Å². The van der Waals surface area contributed by atoms with E-state index in [1.165, 1.54) is 0 Å². The zero-order valence-electron chi connectivity index (χ0n) is 10.8. The second-order valence-corrected chi connectivity index (χ2v) is 3.65. The van der Waals surface area contributed by atoms with Crippen molar-refractivity contribution in [3.05, 3.63) is 29.8 Å². The lowest BCUT2D eigenvalue weighted by atomic mass is 10.2. The van der Waals surface area contributed by atoms with Crippen molar-refractivity contribution < 1.29 is 23.8 Å². The Hall–Kier alpha value is -1.16. The number of esters is 1. The molecular weight excluding hydrogens is 255 g/mol. The fourth-order valence-electron chi connectivity index (χ4n) is 1.06. The highest BCUT2D eigenvalue weighted by atomic mass is 31.2. The number of hydrogen-bond donors (Lipinski definition) is 2. The van der Waals surface area contributed by atoms with Crippen LogP contribution < -0.4 is 4.52 Å². The van der Waals surface area contributed by atoms with Crippen molar-refractivity contribution >= 4 is 14.6 Å². The highest BCUT2D eigenvalue weighted by Crippen LogP contribution is 2.31. The van der Waals surface area contributed by atoms with E-state index in [9.17, 15) is 4.79 Å². The molecular formula is C12H19O5P. The molecule has 0 radical (unpaired) electrons. The quantitative estimate of drug-likeness (QED) is 0.637. The third kappa shape index (κ3) is 6.55. The minimum atomic E-state index is -2.46. The molecule has 2 N–H and O–H groups in total. The molecule has 0 spiro atoms. The first-order chi connectivity index (χ1) is 8.63. The number of hydrogen-bond acceptors (Lipinski definition) is 5. The van der Waals surface area contributed by atoms with Gasteiger partial charge >= 0.3 is 14.6 Å². The van der Waals surface area contributed by atoms with Crippen LogP contribution in [0.2, 0.25) is 0 Å².